The van der Waals surface area contributed by atoms with Gasteiger partial charge in [0.2, 0.25) is 0 Å². The molecule has 2 aromatic rings. The molecular formula is C21H27N3O2S2. The number of thiophene rings is 1. The molecule has 7 heteroatoms. The van der Waals surface area contributed by atoms with Crippen LogP contribution in [-0.4, -0.2) is 40.8 Å². The van der Waals surface area contributed by atoms with Crippen LogP contribution in [-0.2, 0) is 12.8 Å². The third-order valence-electron chi connectivity index (χ3n) is 5.78. The summed E-state index contributed by atoms with van der Waals surface area (Å²) in [5, 5.41) is 3.11. The number of hydrogen-bond donors (Lipinski definition) is 1. The monoisotopic (exact) mass is 417 g/mol. The maximum atomic E-state index is 13.0. The largest absolute Gasteiger partial charge is 0.348 e. The molecule has 28 heavy (non-hydrogen) atoms. The Bertz CT molecular complexity index is 824. The fourth-order valence-electron chi connectivity index (χ4n) is 4.10. The molecule has 0 spiro atoms. The highest BCUT2D eigenvalue weighted by molar-refractivity contribution is 7.14. The minimum Gasteiger partial charge on any atom is -0.348 e. The first-order valence-electron chi connectivity index (χ1n) is 10.2. The van der Waals surface area contributed by atoms with Gasteiger partial charge in [-0.2, -0.15) is 0 Å². The Morgan fingerprint density at radius 2 is 1.89 bits per heavy atom. The first kappa shape index (κ1) is 19.6. The lowest BCUT2D eigenvalue weighted by Gasteiger charge is -2.32. The first-order valence-corrected chi connectivity index (χ1v) is 11.9. The van der Waals surface area contributed by atoms with Crippen molar-refractivity contribution in [2.45, 2.75) is 64.3 Å². The number of fused-ring (bicyclic) bond motifs is 1. The van der Waals surface area contributed by atoms with E-state index in [0.717, 1.165) is 36.3 Å². The predicted molar refractivity (Wildman–Crippen MR) is 113 cm³/mol. The number of thiazole rings is 1. The summed E-state index contributed by atoms with van der Waals surface area (Å²) in [4.78, 5) is 34.5. The van der Waals surface area contributed by atoms with Crippen molar-refractivity contribution in [2.24, 2.45) is 0 Å². The lowest BCUT2D eigenvalue weighted by atomic mass is 9.99. The lowest BCUT2D eigenvalue weighted by molar-refractivity contribution is 0.0703. The summed E-state index contributed by atoms with van der Waals surface area (Å²) in [6.07, 6.45) is 8.94. The van der Waals surface area contributed by atoms with Gasteiger partial charge in [-0.25, -0.2) is 4.98 Å². The molecule has 150 valence electrons. The van der Waals surface area contributed by atoms with Crippen LogP contribution < -0.4 is 5.32 Å². The second kappa shape index (κ2) is 8.74. The molecule has 2 aromatic heterocycles. The highest BCUT2D eigenvalue weighted by Crippen LogP contribution is 2.30. The van der Waals surface area contributed by atoms with E-state index in [2.05, 4.69) is 16.4 Å². The van der Waals surface area contributed by atoms with E-state index in [-0.39, 0.29) is 17.9 Å². The summed E-state index contributed by atoms with van der Waals surface area (Å²) < 4.78 is 0. The SMILES string of the molecule is Cc1ncsc1C(=O)NC1CCN(C(=O)c2cc3c(s2)CCCCCC3)CC1. The van der Waals surface area contributed by atoms with Crippen LogP contribution in [0.3, 0.4) is 0 Å². The van der Waals surface area contributed by atoms with E-state index in [9.17, 15) is 9.59 Å². The number of nitrogens with one attached hydrogen (secondary N) is 1. The highest BCUT2D eigenvalue weighted by Gasteiger charge is 2.27. The summed E-state index contributed by atoms with van der Waals surface area (Å²) in [6, 6.07) is 2.27. The standard InChI is InChI=1S/C21H27N3O2S2/c1-14-19(27-13-22-14)20(25)23-16-8-10-24(11-9-16)21(26)18-12-15-6-4-2-3-5-7-17(15)28-18/h12-13,16H,2-11H2,1H3,(H,23,25). The van der Waals surface area contributed by atoms with Crippen LogP contribution in [0.2, 0.25) is 0 Å². The number of piperidine rings is 1. The van der Waals surface area contributed by atoms with Gasteiger partial charge in [-0.3, -0.25) is 9.59 Å². The molecule has 2 amide bonds. The summed E-state index contributed by atoms with van der Waals surface area (Å²) in [5.41, 5.74) is 3.88. The number of nitrogens with zero attached hydrogens (tertiary/aromatic N) is 2. The van der Waals surface area contributed by atoms with Crippen LogP contribution in [0.4, 0.5) is 0 Å². The zero-order valence-electron chi connectivity index (χ0n) is 16.3. The fraction of sp³-hybridized carbons (Fsp3) is 0.571. The van der Waals surface area contributed by atoms with Crippen LogP contribution in [0, 0.1) is 6.92 Å². The van der Waals surface area contributed by atoms with E-state index in [1.807, 2.05) is 11.8 Å². The summed E-state index contributed by atoms with van der Waals surface area (Å²) in [5.74, 6) is 0.127. The Hall–Kier alpha value is -1.73. The molecule has 1 aliphatic heterocycles. The van der Waals surface area contributed by atoms with Crippen LogP contribution in [0.15, 0.2) is 11.6 Å². The maximum absolute atomic E-state index is 13.0. The molecule has 1 aliphatic carbocycles. The van der Waals surface area contributed by atoms with Gasteiger partial charge in [0, 0.05) is 24.0 Å². The minimum atomic E-state index is -0.0390. The van der Waals surface area contributed by atoms with Crippen molar-refractivity contribution in [3.8, 4) is 0 Å². The molecule has 0 radical (unpaired) electrons. The summed E-state index contributed by atoms with van der Waals surface area (Å²) in [7, 11) is 0. The maximum Gasteiger partial charge on any atom is 0.263 e. The van der Waals surface area contributed by atoms with Crippen LogP contribution in [0.1, 0.15) is 74.0 Å². The molecule has 2 aliphatic rings. The average Bonchev–Trinajstić information content (AvgIpc) is 3.28. The van der Waals surface area contributed by atoms with Gasteiger partial charge < -0.3 is 10.2 Å². The third-order valence-corrected chi connectivity index (χ3v) is 7.93. The number of likely N-dealkylation sites (tertiary alicyclic amines) is 1. The molecule has 1 N–H and O–H groups in total. The van der Waals surface area contributed by atoms with Crippen molar-refractivity contribution in [3.05, 3.63) is 37.5 Å². The average molecular weight is 418 g/mol. The number of aromatic nitrogens is 1. The van der Waals surface area contributed by atoms with Crippen molar-refractivity contribution >= 4 is 34.5 Å². The molecule has 0 aromatic carbocycles. The Kier molecular flexibility index (Phi) is 6.11. The number of aryl methyl sites for hydroxylation is 3. The quantitative estimate of drug-likeness (QED) is 0.814. The van der Waals surface area contributed by atoms with Crippen LogP contribution in [0.25, 0.3) is 0 Å². The Morgan fingerprint density at radius 3 is 2.61 bits per heavy atom. The molecule has 4 rings (SSSR count). The number of rotatable bonds is 3. The Morgan fingerprint density at radius 1 is 1.14 bits per heavy atom. The third kappa shape index (κ3) is 4.30. The van der Waals surface area contributed by atoms with Crippen LogP contribution >= 0.6 is 22.7 Å². The Labute approximate surface area is 174 Å². The van der Waals surface area contributed by atoms with Crippen molar-refractivity contribution in [1.29, 1.82) is 0 Å². The smallest absolute Gasteiger partial charge is 0.263 e. The van der Waals surface area contributed by atoms with Gasteiger partial charge in [0.15, 0.2) is 0 Å². The van der Waals surface area contributed by atoms with E-state index >= 15 is 0 Å². The second-order valence-corrected chi connectivity index (χ2v) is 9.77. The molecule has 5 nitrogen and oxygen atoms in total. The summed E-state index contributed by atoms with van der Waals surface area (Å²) in [6.45, 7) is 3.26. The van der Waals surface area contributed by atoms with E-state index in [4.69, 9.17) is 0 Å². The summed E-state index contributed by atoms with van der Waals surface area (Å²) >= 11 is 3.08. The van der Waals surface area contributed by atoms with Crippen molar-refractivity contribution in [3.63, 3.8) is 0 Å². The molecule has 0 saturated carbocycles. The van der Waals surface area contributed by atoms with Crippen molar-refractivity contribution < 1.29 is 9.59 Å². The van der Waals surface area contributed by atoms with E-state index in [1.165, 1.54) is 47.5 Å². The van der Waals surface area contributed by atoms with Gasteiger partial charge in [0.1, 0.15) is 4.88 Å². The molecule has 3 heterocycles. The number of carbonyl (C=O) groups is 2. The van der Waals surface area contributed by atoms with Crippen molar-refractivity contribution in [1.82, 2.24) is 15.2 Å². The van der Waals surface area contributed by atoms with Gasteiger partial charge in [-0.1, -0.05) is 12.8 Å². The van der Waals surface area contributed by atoms with Crippen LogP contribution in [0.5, 0.6) is 0 Å². The Balaban J connectivity index is 1.33. The number of amides is 2. The van der Waals surface area contributed by atoms with E-state index < -0.39 is 0 Å². The number of hydrogen-bond acceptors (Lipinski definition) is 5. The second-order valence-electron chi connectivity index (χ2n) is 7.78. The first-order chi connectivity index (χ1) is 13.6. The van der Waals surface area contributed by atoms with Gasteiger partial charge in [-0.05, 0) is 57.1 Å². The van der Waals surface area contributed by atoms with E-state index in [0.29, 0.717) is 18.0 Å². The topological polar surface area (TPSA) is 62.3 Å². The van der Waals surface area contributed by atoms with Gasteiger partial charge >= 0.3 is 0 Å². The minimum absolute atomic E-state index is 0.0390. The predicted octanol–water partition coefficient (Wildman–Crippen LogP) is 4.21. The van der Waals surface area contributed by atoms with Gasteiger partial charge in [-0.15, -0.1) is 22.7 Å². The molecular weight excluding hydrogens is 390 g/mol. The fourth-order valence-corrected chi connectivity index (χ4v) is 6.03. The van der Waals surface area contributed by atoms with Gasteiger partial charge in [0.05, 0.1) is 16.1 Å². The van der Waals surface area contributed by atoms with Crippen molar-refractivity contribution in [2.75, 3.05) is 13.1 Å². The molecule has 0 unspecified atom stereocenters. The molecule has 0 bridgehead atoms. The highest BCUT2D eigenvalue weighted by atomic mass is 32.1. The zero-order valence-corrected chi connectivity index (χ0v) is 18.0. The molecule has 1 fully saturated rings. The molecule has 1 saturated heterocycles. The number of carbonyl (C=O) groups excluding carboxylic acids is 2. The lowest BCUT2D eigenvalue weighted by Crippen LogP contribution is -2.46. The normalized spacial score (nSPS) is 18.2. The molecule has 0 atom stereocenters. The van der Waals surface area contributed by atoms with E-state index in [1.54, 1.807) is 16.8 Å². The zero-order chi connectivity index (χ0) is 19.5. The van der Waals surface area contributed by atoms with Gasteiger partial charge in [0.25, 0.3) is 11.8 Å².